The van der Waals surface area contributed by atoms with Gasteiger partial charge in [-0.25, -0.2) is 14.8 Å². The van der Waals surface area contributed by atoms with E-state index < -0.39 is 11.6 Å². The van der Waals surface area contributed by atoms with Crippen LogP contribution < -0.4 is 0 Å². The lowest BCUT2D eigenvalue weighted by atomic mass is 10.0. The summed E-state index contributed by atoms with van der Waals surface area (Å²) in [5.74, 6) is -0.468. The Morgan fingerprint density at radius 3 is 2.14 bits per heavy atom. The van der Waals surface area contributed by atoms with Gasteiger partial charge in [0.1, 0.15) is 11.2 Å². The van der Waals surface area contributed by atoms with Crippen LogP contribution in [0.2, 0.25) is 10.0 Å². The maximum absolute atomic E-state index is 12.8. The predicted octanol–water partition coefficient (Wildman–Crippen LogP) is 7.17. The predicted molar refractivity (Wildman–Crippen MR) is 145 cm³/mol. The van der Waals surface area contributed by atoms with Gasteiger partial charge >= 0.3 is 11.9 Å². The first kappa shape index (κ1) is 28.1. The number of carbonyl (C=O) groups is 2. The van der Waals surface area contributed by atoms with Crippen molar-refractivity contribution in [3.8, 4) is 11.4 Å². The molecule has 0 N–H and O–H groups in total. The Kier molecular flexibility index (Phi) is 9.14. The van der Waals surface area contributed by atoms with Gasteiger partial charge in [0.25, 0.3) is 0 Å². The van der Waals surface area contributed by atoms with E-state index in [1.54, 1.807) is 26.0 Å². The number of esters is 2. The summed E-state index contributed by atoms with van der Waals surface area (Å²) in [4.78, 5) is 34.2. The van der Waals surface area contributed by atoms with Gasteiger partial charge in [-0.2, -0.15) is 0 Å². The molecular formula is C27H27BrCl2N2O4. The second-order valence-corrected chi connectivity index (χ2v) is 10.9. The van der Waals surface area contributed by atoms with E-state index in [9.17, 15) is 9.59 Å². The van der Waals surface area contributed by atoms with Crippen molar-refractivity contribution >= 4 is 51.1 Å². The monoisotopic (exact) mass is 592 g/mol. The zero-order valence-corrected chi connectivity index (χ0v) is 23.8. The Morgan fingerprint density at radius 1 is 1.00 bits per heavy atom. The topological polar surface area (TPSA) is 78.4 Å². The Balaban J connectivity index is 1.97. The van der Waals surface area contributed by atoms with E-state index in [4.69, 9.17) is 37.7 Å². The van der Waals surface area contributed by atoms with Crippen LogP contribution in [0.15, 0.2) is 40.9 Å². The van der Waals surface area contributed by atoms with Crippen molar-refractivity contribution in [1.82, 2.24) is 9.97 Å². The molecular weight excluding hydrogens is 567 g/mol. The summed E-state index contributed by atoms with van der Waals surface area (Å²) >= 11 is 16.3. The molecule has 1 aromatic heterocycles. The van der Waals surface area contributed by atoms with E-state index >= 15 is 0 Å². The van der Waals surface area contributed by atoms with Crippen molar-refractivity contribution in [3.05, 3.63) is 79.0 Å². The Bertz CT molecular complexity index is 1270. The minimum Gasteiger partial charge on any atom is -0.462 e. The molecule has 1 heterocycles. The first-order valence-corrected chi connectivity index (χ1v) is 12.9. The second kappa shape index (κ2) is 11.7. The van der Waals surface area contributed by atoms with Crippen molar-refractivity contribution in [2.24, 2.45) is 0 Å². The van der Waals surface area contributed by atoms with Crippen molar-refractivity contribution in [3.63, 3.8) is 0 Å². The van der Waals surface area contributed by atoms with Gasteiger partial charge in [-0.15, -0.1) is 0 Å². The van der Waals surface area contributed by atoms with Gasteiger partial charge in [0, 0.05) is 10.9 Å². The van der Waals surface area contributed by atoms with Crippen molar-refractivity contribution in [1.29, 1.82) is 0 Å². The van der Waals surface area contributed by atoms with Crippen LogP contribution >= 0.6 is 39.1 Å². The summed E-state index contributed by atoms with van der Waals surface area (Å²) in [5, 5.41) is 0.769. The van der Waals surface area contributed by atoms with Crippen molar-refractivity contribution in [2.45, 2.75) is 53.1 Å². The maximum atomic E-state index is 12.8. The molecule has 0 radical (unpaired) electrons. The number of benzene rings is 2. The molecule has 0 fully saturated rings. The van der Waals surface area contributed by atoms with E-state index in [0.29, 0.717) is 44.8 Å². The number of nitrogens with zero attached hydrogens (tertiary/aromatic N) is 2. The van der Waals surface area contributed by atoms with Crippen LogP contribution in [0, 0.1) is 6.92 Å². The average molecular weight is 594 g/mol. The first-order valence-electron chi connectivity index (χ1n) is 11.4. The summed E-state index contributed by atoms with van der Waals surface area (Å²) in [7, 11) is 0. The van der Waals surface area contributed by atoms with Crippen molar-refractivity contribution < 1.29 is 19.1 Å². The highest BCUT2D eigenvalue weighted by atomic mass is 79.9. The van der Waals surface area contributed by atoms with Gasteiger partial charge < -0.3 is 9.47 Å². The second-order valence-electron chi connectivity index (χ2n) is 9.18. The molecule has 0 atom stereocenters. The number of hydrogen-bond acceptors (Lipinski definition) is 6. The number of carbonyl (C=O) groups excluding carboxylic acids is 2. The normalized spacial score (nSPS) is 11.3. The van der Waals surface area contributed by atoms with E-state index in [1.165, 1.54) is 0 Å². The first-order chi connectivity index (χ1) is 16.9. The minimum absolute atomic E-state index is 0.170. The number of aromatic nitrogens is 2. The van der Waals surface area contributed by atoms with Gasteiger partial charge in [0.05, 0.1) is 40.0 Å². The molecule has 0 aliphatic heterocycles. The highest BCUT2D eigenvalue weighted by molar-refractivity contribution is 9.10. The van der Waals surface area contributed by atoms with Crippen LogP contribution in [0.1, 0.15) is 60.6 Å². The minimum atomic E-state index is -0.538. The van der Waals surface area contributed by atoms with E-state index in [1.807, 2.05) is 45.0 Å². The molecule has 190 valence electrons. The fourth-order valence-electron chi connectivity index (χ4n) is 3.61. The molecule has 3 aromatic rings. The van der Waals surface area contributed by atoms with Crippen LogP contribution in [0.4, 0.5) is 0 Å². The van der Waals surface area contributed by atoms with Crippen LogP contribution in [0.3, 0.4) is 0 Å². The molecule has 0 amide bonds. The van der Waals surface area contributed by atoms with Crippen molar-refractivity contribution in [2.75, 3.05) is 6.61 Å². The Hall–Kier alpha value is -2.48. The summed E-state index contributed by atoms with van der Waals surface area (Å²) < 4.78 is 11.4. The quantitative estimate of drug-likeness (QED) is 0.270. The van der Waals surface area contributed by atoms with Gasteiger partial charge in [-0.3, -0.25) is 4.79 Å². The van der Waals surface area contributed by atoms with Gasteiger partial charge in [0.2, 0.25) is 0 Å². The molecule has 0 saturated heterocycles. The fraction of sp³-hybridized carbons (Fsp3) is 0.333. The largest absolute Gasteiger partial charge is 0.462 e. The molecule has 0 spiro atoms. The third kappa shape index (κ3) is 7.28. The lowest BCUT2D eigenvalue weighted by Gasteiger charge is -2.19. The van der Waals surface area contributed by atoms with Crippen LogP contribution in [0.25, 0.3) is 11.4 Å². The van der Waals surface area contributed by atoms with Crippen LogP contribution in [0.5, 0.6) is 0 Å². The number of halogens is 3. The van der Waals surface area contributed by atoms with Gasteiger partial charge in [-0.1, -0.05) is 63.4 Å². The van der Waals surface area contributed by atoms with Gasteiger partial charge in [-0.05, 0) is 57.9 Å². The maximum Gasteiger partial charge on any atom is 0.341 e. The third-order valence-electron chi connectivity index (χ3n) is 5.04. The Labute approximate surface area is 229 Å². The SMILES string of the molecule is CCOC(=O)c1c(C)nc(-c2c(Cl)cc(Br)cc2Cl)nc1Cc1ccc(CC(=O)OC(C)(C)C)cc1. The fourth-order valence-corrected chi connectivity index (χ4v) is 4.99. The zero-order valence-electron chi connectivity index (χ0n) is 20.7. The molecule has 6 nitrogen and oxygen atoms in total. The molecule has 36 heavy (non-hydrogen) atoms. The summed E-state index contributed by atoms with van der Waals surface area (Å²) in [6.07, 6.45) is 0.506. The molecule has 2 aromatic carbocycles. The average Bonchev–Trinajstić information content (AvgIpc) is 2.73. The number of hydrogen-bond donors (Lipinski definition) is 0. The Morgan fingerprint density at radius 2 is 1.58 bits per heavy atom. The number of rotatable bonds is 7. The molecule has 0 unspecified atom stereocenters. The summed E-state index contributed by atoms with van der Waals surface area (Å²) in [5.41, 5.74) is 2.92. The molecule has 9 heteroatoms. The van der Waals surface area contributed by atoms with E-state index in [2.05, 4.69) is 20.9 Å². The zero-order chi connectivity index (χ0) is 26.6. The molecule has 0 aliphatic rings. The standard InChI is InChI=1S/C27H27BrCl2N2O4/c1-6-35-26(34)23-15(2)31-25(24-19(29)13-18(28)14-20(24)30)32-21(23)11-16-7-9-17(10-8-16)12-22(33)36-27(3,4)5/h7-10,13-14H,6,11-12H2,1-5H3. The molecule has 0 aliphatic carbocycles. The molecule has 0 saturated carbocycles. The smallest absolute Gasteiger partial charge is 0.341 e. The van der Waals surface area contributed by atoms with Crippen LogP contribution in [-0.4, -0.2) is 34.1 Å². The highest BCUT2D eigenvalue weighted by Gasteiger charge is 2.23. The summed E-state index contributed by atoms with van der Waals surface area (Å²) in [6, 6.07) is 10.9. The van der Waals surface area contributed by atoms with Crippen LogP contribution in [-0.2, 0) is 27.1 Å². The molecule has 0 bridgehead atoms. The highest BCUT2D eigenvalue weighted by Crippen LogP contribution is 2.36. The lowest BCUT2D eigenvalue weighted by Crippen LogP contribution is -2.24. The number of aryl methyl sites for hydroxylation is 1. The van der Waals surface area contributed by atoms with E-state index in [0.717, 1.165) is 15.6 Å². The van der Waals surface area contributed by atoms with E-state index in [-0.39, 0.29) is 19.0 Å². The third-order valence-corrected chi connectivity index (χ3v) is 6.09. The lowest BCUT2D eigenvalue weighted by molar-refractivity contribution is -0.153. The van der Waals surface area contributed by atoms with Gasteiger partial charge in [0.15, 0.2) is 5.82 Å². The number of ether oxygens (including phenoxy) is 2. The summed E-state index contributed by atoms with van der Waals surface area (Å²) in [6.45, 7) is 9.20. The molecule has 3 rings (SSSR count).